The van der Waals surface area contributed by atoms with Crippen LogP contribution in [-0.4, -0.2) is 11.1 Å². The SMILES string of the molecule is CC1CCC(Oc2c(F)c(F)nc(F)c2F)CC1C. The first-order chi connectivity index (χ1) is 8.90. The maximum Gasteiger partial charge on any atom is 0.255 e. The summed E-state index contributed by atoms with van der Waals surface area (Å²) in [5.41, 5.74) is 0. The molecular formula is C13H15F4NO. The van der Waals surface area contributed by atoms with Crippen LogP contribution in [0.2, 0.25) is 0 Å². The lowest BCUT2D eigenvalue weighted by molar-refractivity contribution is 0.0900. The molecule has 106 valence electrons. The largest absolute Gasteiger partial charge is 0.484 e. The van der Waals surface area contributed by atoms with E-state index in [1.54, 1.807) is 0 Å². The van der Waals surface area contributed by atoms with Gasteiger partial charge in [0.25, 0.3) is 11.9 Å². The van der Waals surface area contributed by atoms with Crippen molar-refractivity contribution in [3.8, 4) is 5.75 Å². The average molecular weight is 277 g/mol. The van der Waals surface area contributed by atoms with Crippen LogP contribution in [0.15, 0.2) is 0 Å². The zero-order chi connectivity index (χ0) is 14.2. The van der Waals surface area contributed by atoms with Crippen molar-refractivity contribution in [3.63, 3.8) is 0 Å². The summed E-state index contributed by atoms with van der Waals surface area (Å²) in [5, 5.41) is 0. The van der Waals surface area contributed by atoms with Crippen molar-refractivity contribution in [1.29, 1.82) is 0 Å². The molecule has 6 heteroatoms. The molecule has 1 saturated carbocycles. The monoisotopic (exact) mass is 277 g/mol. The van der Waals surface area contributed by atoms with Crippen LogP contribution in [0, 0.1) is 35.4 Å². The molecule has 0 radical (unpaired) electrons. The van der Waals surface area contributed by atoms with E-state index >= 15 is 0 Å². The lowest BCUT2D eigenvalue weighted by Crippen LogP contribution is -2.29. The zero-order valence-electron chi connectivity index (χ0n) is 10.7. The number of pyridine rings is 1. The van der Waals surface area contributed by atoms with E-state index in [1.165, 1.54) is 0 Å². The van der Waals surface area contributed by atoms with E-state index in [0.717, 1.165) is 6.42 Å². The summed E-state index contributed by atoms with van der Waals surface area (Å²) in [7, 11) is 0. The van der Waals surface area contributed by atoms with Crippen LogP contribution in [0.25, 0.3) is 0 Å². The second-order valence-corrected chi connectivity index (χ2v) is 5.16. The fourth-order valence-electron chi connectivity index (χ4n) is 2.34. The van der Waals surface area contributed by atoms with E-state index in [-0.39, 0.29) is 0 Å². The third-order valence-electron chi connectivity index (χ3n) is 3.79. The van der Waals surface area contributed by atoms with Gasteiger partial charge in [0.05, 0.1) is 6.10 Å². The van der Waals surface area contributed by atoms with E-state index in [1.807, 2.05) is 6.92 Å². The molecule has 1 fully saturated rings. The molecule has 1 aliphatic rings. The van der Waals surface area contributed by atoms with Gasteiger partial charge in [0.1, 0.15) is 0 Å². The fraction of sp³-hybridized carbons (Fsp3) is 0.615. The smallest absolute Gasteiger partial charge is 0.255 e. The zero-order valence-corrected chi connectivity index (χ0v) is 10.7. The molecule has 1 aromatic rings. The molecule has 3 atom stereocenters. The molecule has 0 amide bonds. The molecule has 2 nitrogen and oxygen atoms in total. The first-order valence-electron chi connectivity index (χ1n) is 6.26. The Morgan fingerprint density at radius 1 is 0.947 bits per heavy atom. The van der Waals surface area contributed by atoms with Crippen LogP contribution in [0.5, 0.6) is 5.75 Å². The van der Waals surface area contributed by atoms with Crippen molar-refractivity contribution in [2.24, 2.45) is 11.8 Å². The molecule has 0 bridgehead atoms. The van der Waals surface area contributed by atoms with E-state index in [4.69, 9.17) is 4.74 Å². The second-order valence-electron chi connectivity index (χ2n) is 5.16. The van der Waals surface area contributed by atoms with E-state index in [0.29, 0.717) is 24.7 Å². The topological polar surface area (TPSA) is 22.1 Å². The first-order valence-corrected chi connectivity index (χ1v) is 6.26. The Labute approximate surface area is 108 Å². The van der Waals surface area contributed by atoms with Gasteiger partial charge < -0.3 is 4.74 Å². The summed E-state index contributed by atoms with van der Waals surface area (Å²) in [5.74, 6) is -6.70. The molecule has 3 unspecified atom stereocenters. The van der Waals surface area contributed by atoms with Crippen molar-refractivity contribution in [2.75, 3.05) is 0 Å². The number of hydrogen-bond donors (Lipinski definition) is 0. The van der Waals surface area contributed by atoms with Gasteiger partial charge >= 0.3 is 0 Å². The van der Waals surface area contributed by atoms with Gasteiger partial charge in [-0.2, -0.15) is 22.5 Å². The summed E-state index contributed by atoms with van der Waals surface area (Å²) in [6.45, 7) is 4.11. The number of hydrogen-bond acceptors (Lipinski definition) is 2. The van der Waals surface area contributed by atoms with Crippen LogP contribution in [0.3, 0.4) is 0 Å². The van der Waals surface area contributed by atoms with Crippen molar-refractivity contribution in [1.82, 2.24) is 4.98 Å². The molecule has 0 saturated heterocycles. The predicted octanol–water partition coefficient (Wildman–Crippen LogP) is 3.84. The molecule has 19 heavy (non-hydrogen) atoms. The van der Waals surface area contributed by atoms with Gasteiger partial charge in [-0.25, -0.2) is 0 Å². The minimum Gasteiger partial charge on any atom is -0.484 e. The number of halogens is 4. The lowest BCUT2D eigenvalue weighted by Gasteiger charge is -2.32. The van der Waals surface area contributed by atoms with Gasteiger partial charge in [-0.3, -0.25) is 0 Å². The molecule has 0 spiro atoms. The van der Waals surface area contributed by atoms with Gasteiger partial charge in [-0.1, -0.05) is 13.8 Å². The third kappa shape index (κ3) is 2.82. The molecule has 0 N–H and O–H groups in total. The van der Waals surface area contributed by atoms with Gasteiger partial charge in [-0.05, 0) is 31.1 Å². The summed E-state index contributed by atoms with van der Waals surface area (Å²) in [6.07, 6.45) is 1.63. The van der Waals surface area contributed by atoms with Crippen molar-refractivity contribution in [2.45, 2.75) is 39.2 Å². The molecular weight excluding hydrogens is 262 g/mol. The molecule has 1 aliphatic carbocycles. The number of ether oxygens (including phenoxy) is 1. The van der Waals surface area contributed by atoms with Crippen LogP contribution in [0.1, 0.15) is 33.1 Å². The highest BCUT2D eigenvalue weighted by molar-refractivity contribution is 5.24. The fourth-order valence-corrected chi connectivity index (χ4v) is 2.34. The lowest BCUT2D eigenvalue weighted by atomic mass is 9.80. The first kappa shape index (κ1) is 14.1. The van der Waals surface area contributed by atoms with Gasteiger partial charge in [0.15, 0.2) is 0 Å². The Hall–Kier alpha value is -1.33. The average Bonchev–Trinajstić information content (AvgIpc) is 2.36. The molecule has 0 aromatic carbocycles. The van der Waals surface area contributed by atoms with E-state index in [9.17, 15) is 17.6 Å². The van der Waals surface area contributed by atoms with E-state index in [2.05, 4.69) is 11.9 Å². The maximum atomic E-state index is 13.4. The molecule has 0 aliphatic heterocycles. The van der Waals surface area contributed by atoms with Gasteiger partial charge in [0.2, 0.25) is 17.4 Å². The quantitative estimate of drug-likeness (QED) is 0.605. The molecule has 2 rings (SSSR count). The maximum absolute atomic E-state index is 13.4. The van der Waals surface area contributed by atoms with Crippen molar-refractivity contribution in [3.05, 3.63) is 23.5 Å². The summed E-state index contributed by atoms with van der Waals surface area (Å²) < 4.78 is 57.8. The highest BCUT2D eigenvalue weighted by Crippen LogP contribution is 2.34. The highest BCUT2D eigenvalue weighted by atomic mass is 19.2. The second kappa shape index (κ2) is 5.35. The van der Waals surface area contributed by atoms with Gasteiger partial charge in [-0.15, -0.1) is 0 Å². The highest BCUT2D eigenvalue weighted by Gasteiger charge is 2.29. The minimum absolute atomic E-state index is 0.335. The summed E-state index contributed by atoms with van der Waals surface area (Å²) >= 11 is 0. The number of rotatable bonds is 2. The minimum atomic E-state index is -1.69. The third-order valence-corrected chi connectivity index (χ3v) is 3.79. The van der Waals surface area contributed by atoms with Crippen LogP contribution in [-0.2, 0) is 0 Å². The summed E-state index contributed by atoms with van der Waals surface area (Å²) in [4.78, 5) is 2.49. The van der Waals surface area contributed by atoms with Crippen LogP contribution in [0.4, 0.5) is 17.6 Å². The molecule has 1 aromatic heterocycles. The standard InChI is InChI=1S/C13H15F4NO/c1-6-3-4-8(5-7(6)2)19-11-9(14)12(16)18-13(17)10(11)15/h6-8H,3-5H2,1-2H3. The Balaban J connectivity index is 2.20. The van der Waals surface area contributed by atoms with E-state index < -0.39 is 35.4 Å². The Bertz CT molecular complexity index is 454. The number of aromatic nitrogens is 1. The molecule has 1 heterocycles. The van der Waals surface area contributed by atoms with Crippen LogP contribution < -0.4 is 4.74 Å². The normalized spacial score (nSPS) is 27.4. The summed E-state index contributed by atoms with van der Waals surface area (Å²) in [6, 6.07) is 0. The number of nitrogens with zero attached hydrogens (tertiary/aromatic N) is 1. The Kier molecular flexibility index (Phi) is 3.96. The van der Waals surface area contributed by atoms with Crippen LogP contribution >= 0.6 is 0 Å². The van der Waals surface area contributed by atoms with Crippen molar-refractivity contribution >= 4 is 0 Å². The predicted molar refractivity (Wildman–Crippen MR) is 60.7 cm³/mol. The van der Waals surface area contributed by atoms with Gasteiger partial charge in [0, 0.05) is 0 Å². The Morgan fingerprint density at radius 3 is 2.05 bits per heavy atom. The Morgan fingerprint density at radius 2 is 1.53 bits per heavy atom. The van der Waals surface area contributed by atoms with Crippen molar-refractivity contribution < 1.29 is 22.3 Å².